The summed E-state index contributed by atoms with van der Waals surface area (Å²) in [5, 5.41) is 0. The highest BCUT2D eigenvalue weighted by Gasteiger charge is 2.37. The summed E-state index contributed by atoms with van der Waals surface area (Å²) >= 11 is 0. The number of hydrogen-bond donors (Lipinski definition) is 0. The molecular weight excluding hydrogens is 384 g/mol. The van der Waals surface area contributed by atoms with Crippen molar-refractivity contribution < 1.29 is 28.5 Å². The van der Waals surface area contributed by atoms with Crippen LogP contribution in [0.25, 0.3) is 0 Å². The molecule has 0 radical (unpaired) electrons. The minimum Gasteiger partial charge on any atom is -0.457 e. The quantitative estimate of drug-likeness (QED) is 0.347. The van der Waals surface area contributed by atoms with Crippen LogP contribution in [0.4, 0.5) is 0 Å². The number of ether oxygens (including phenoxy) is 4. The van der Waals surface area contributed by atoms with Crippen molar-refractivity contribution in [1.82, 2.24) is 0 Å². The number of benzene rings is 1. The Kier molecular flexibility index (Phi) is 9.06. The molecule has 0 bridgehead atoms. The van der Waals surface area contributed by atoms with Gasteiger partial charge in [0.05, 0.1) is 18.3 Å². The lowest BCUT2D eigenvalue weighted by Crippen LogP contribution is -2.46. The van der Waals surface area contributed by atoms with Crippen molar-refractivity contribution in [2.75, 3.05) is 6.61 Å². The van der Waals surface area contributed by atoms with Crippen LogP contribution in [-0.2, 0) is 23.7 Å². The van der Waals surface area contributed by atoms with Gasteiger partial charge in [-0.3, -0.25) is 0 Å². The Labute approximate surface area is 179 Å². The number of carbonyl (C=O) groups is 2. The molecule has 0 aromatic heterocycles. The molecule has 1 saturated heterocycles. The topological polar surface area (TPSA) is 71.1 Å². The Morgan fingerprint density at radius 3 is 2.53 bits per heavy atom. The van der Waals surface area contributed by atoms with Gasteiger partial charge in [-0.15, -0.1) is 0 Å². The second-order valence-corrected chi connectivity index (χ2v) is 8.68. The zero-order valence-electron chi connectivity index (χ0n) is 18.6. The number of carbonyl (C=O) groups excluding carboxylic acids is 2. The fraction of sp³-hybridized carbons (Fsp3) is 0.583. The Morgan fingerprint density at radius 2 is 1.87 bits per heavy atom. The summed E-state index contributed by atoms with van der Waals surface area (Å²) < 4.78 is 22.8. The van der Waals surface area contributed by atoms with Crippen LogP contribution in [0.1, 0.15) is 64.2 Å². The van der Waals surface area contributed by atoms with Crippen molar-refractivity contribution in [2.45, 2.75) is 78.0 Å². The number of esters is 2. The van der Waals surface area contributed by atoms with Gasteiger partial charge in [0.25, 0.3) is 0 Å². The molecule has 0 saturated carbocycles. The summed E-state index contributed by atoms with van der Waals surface area (Å²) in [6.45, 7) is 10.0. The Morgan fingerprint density at radius 1 is 1.17 bits per heavy atom. The lowest BCUT2D eigenvalue weighted by atomic mass is 9.95. The number of allylic oxidation sites excluding steroid dienone is 1. The maximum absolute atomic E-state index is 12.4. The number of hydrogen-bond acceptors (Lipinski definition) is 6. The van der Waals surface area contributed by atoms with Gasteiger partial charge in [0.15, 0.2) is 12.4 Å². The Balaban J connectivity index is 1.81. The standard InChI is InChI=1S/C24H34O6/c1-17-16-20(29-22(26)19-12-8-6-9-13-19)23(28-18(17)2)27-15-11-7-10-14-21(25)30-24(3,4)5/h6,8-10,12-14,17-18,20,23H,7,11,15-16H2,1-5H3/b14-10+/t17-,18+,20-,23-/m1/s1. The predicted molar refractivity (Wildman–Crippen MR) is 114 cm³/mol. The largest absolute Gasteiger partial charge is 0.457 e. The second kappa shape index (κ2) is 11.3. The first-order valence-electron chi connectivity index (χ1n) is 10.6. The van der Waals surface area contributed by atoms with Gasteiger partial charge < -0.3 is 18.9 Å². The van der Waals surface area contributed by atoms with Gasteiger partial charge in [-0.25, -0.2) is 9.59 Å². The molecule has 1 fully saturated rings. The highest BCUT2D eigenvalue weighted by atomic mass is 16.7. The van der Waals surface area contributed by atoms with Gasteiger partial charge in [-0.1, -0.05) is 31.2 Å². The Hall–Kier alpha value is -2.18. The molecule has 1 heterocycles. The van der Waals surface area contributed by atoms with Crippen molar-refractivity contribution in [3.05, 3.63) is 48.0 Å². The maximum atomic E-state index is 12.4. The normalized spacial score (nSPS) is 24.6. The molecule has 30 heavy (non-hydrogen) atoms. The zero-order valence-corrected chi connectivity index (χ0v) is 18.6. The van der Waals surface area contributed by atoms with E-state index in [0.29, 0.717) is 31.4 Å². The van der Waals surface area contributed by atoms with E-state index >= 15 is 0 Å². The van der Waals surface area contributed by atoms with E-state index in [0.717, 1.165) is 0 Å². The average molecular weight is 419 g/mol. The SMILES string of the molecule is C[C@@H]1C[C@@H](OC(=O)c2ccccc2)[C@H](OCCC/C=C/C(=O)OC(C)(C)C)O[C@H]1C. The molecule has 0 spiro atoms. The Bertz CT molecular complexity index is 706. The molecule has 6 nitrogen and oxygen atoms in total. The third-order valence-electron chi connectivity index (χ3n) is 4.78. The van der Waals surface area contributed by atoms with Crippen LogP contribution in [0.2, 0.25) is 0 Å². The molecule has 0 amide bonds. The monoisotopic (exact) mass is 418 g/mol. The molecule has 1 aromatic rings. The van der Waals surface area contributed by atoms with E-state index in [-0.39, 0.29) is 24.0 Å². The summed E-state index contributed by atoms with van der Waals surface area (Å²) in [5.74, 6) is -0.468. The van der Waals surface area contributed by atoms with Crippen LogP contribution < -0.4 is 0 Å². The lowest BCUT2D eigenvalue weighted by Gasteiger charge is -2.38. The molecule has 1 aliphatic rings. The first kappa shape index (κ1) is 24.1. The number of rotatable bonds is 8. The summed E-state index contributed by atoms with van der Waals surface area (Å²) in [6, 6.07) is 8.91. The van der Waals surface area contributed by atoms with E-state index in [1.165, 1.54) is 6.08 Å². The highest BCUT2D eigenvalue weighted by molar-refractivity contribution is 5.89. The molecule has 2 rings (SSSR count). The van der Waals surface area contributed by atoms with Crippen molar-refractivity contribution in [2.24, 2.45) is 5.92 Å². The van der Waals surface area contributed by atoms with Gasteiger partial charge in [-0.05, 0) is 65.0 Å². The molecular formula is C24H34O6. The predicted octanol–water partition coefficient (Wildman–Crippen LogP) is 4.68. The van der Waals surface area contributed by atoms with Gasteiger partial charge in [-0.2, -0.15) is 0 Å². The molecule has 166 valence electrons. The van der Waals surface area contributed by atoms with Gasteiger partial charge in [0.1, 0.15) is 5.60 Å². The summed E-state index contributed by atoms with van der Waals surface area (Å²) in [4.78, 5) is 24.1. The van der Waals surface area contributed by atoms with E-state index in [1.807, 2.05) is 33.8 Å². The zero-order chi connectivity index (χ0) is 22.1. The minimum atomic E-state index is -0.598. The van der Waals surface area contributed by atoms with Crippen LogP contribution in [-0.4, -0.2) is 42.6 Å². The van der Waals surface area contributed by atoms with Crippen LogP contribution in [0.15, 0.2) is 42.5 Å². The smallest absolute Gasteiger partial charge is 0.338 e. The molecule has 1 aliphatic heterocycles. The van der Waals surface area contributed by atoms with E-state index in [2.05, 4.69) is 6.92 Å². The molecule has 0 N–H and O–H groups in total. The number of unbranched alkanes of at least 4 members (excludes halogenated alkanes) is 1. The summed E-state index contributed by atoms with van der Waals surface area (Å²) in [5.41, 5.74) is 0.0119. The third kappa shape index (κ3) is 8.28. The van der Waals surface area contributed by atoms with E-state index in [4.69, 9.17) is 18.9 Å². The third-order valence-corrected chi connectivity index (χ3v) is 4.78. The summed E-state index contributed by atoms with van der Waals surface area (Å²) in [7, 11) is 0. The minimum absolute atomic E-state index is 0.0220. The fourth-order valence-electron chi connectivity index (χ4n) is 3.05. The first-order valence-corrected chi connectivity index (χ1v) is 10.6. The van der Waals surface area contributed by atoms with Crippen LogP contribution in [0.5, 0.6) is 0 Å². The van der Waals surface area contributed by atoms with E-state index < -0.39 is 18.0 Å². The van der Waals surface area contributed by atoms with Crippen molar-refractivity contribution in [3.63, 3.8) is 0 Å². The lowest BCUT2D eigenvalue weighted by molar-refractivity contribution is -0.249. The molecule has 4 atom stereocenters. The fourth-order valence-corrected chi connectivity index (χ4v) is 3.05. The van der Waals surface area contributed by atoms with Crippen LogP contribution >= 0.6 is 0 Å². The van der Waals surface area contributed by atoms with Crippen LogP contribution in [0.3, 0.4) is 0 Å². The molecule has 0 aliphatic carbocycles. The van der Waals surface area contributed by atoms with Gasteiger partial charge >= 0.3 is 11.9 Å². The van der Waals surface area contributed by atoms with E-state index in [1.54, 1.807) is 30.3 Å². The maximum Gasteiger partial charge on any atom is 0.338 e. The summed E-state index contributed by atoms with van der Waals surface area (Å²) in [6.07, 6.45) is 4.25. The second-order valence-electron chi connectivity index (χ2n) is 8.68. The van der Waals surface area contributed by atoms with E-state index in [9.17, 15) is 9.59 Å². The molecule has 6 heteroatoms. The van der Waals surface area contributed by atoms with Crippen molar-refractivity contribution in [3.8, 4) is 0 Å². The first-order chi connectivity index (χ1) is 14.2. The molecule has 1 aromatic carbocycles. The molecule has 0 unspecified atom stereocenters. The van der Waals surface area contributed by atoms with Gasteiger partial charge in [0, 0.05) is 6.08 Å². The van der Waals surface area contributed by atoms with Crippen molar-refractivity contribution in [1.29, 1.82) is 0 Å². The average Bonchev–Trinajstić information content (AvgIpc) is 2.67. The van der Waals surface area contributed by atoms with Crippen LogP contribution in [0, 0.1) is 5.92 Å². The van der Waals surface area contributed by atoms with Gasteiger partial charge in [0.2, 0.25) is 0 Å². The van der Waals surface area contributed by atoms with Crippen molar-refractivity contribution >= 4 is 11.9 Å². The highest BCUT2D eigenvalue weighted by Crippen LogP contribution is 2.28.